The second kappa shape index (κ2) is 7.93. The summed E-state index contributed by atoms with van der Waals surface area (Å²) in [6, 6.07) is 9.92. The number of hydrogen-bond acceptors (Lipinski definition) is 3. The zero-order valence-electron chi connectivity index (χ0n) is 15.3. The number of ketones is 1. The maximum absolute atomic E-state index is 12.4. The van der Waals surface area contributed by atoms with Crippen LogP contribution in [0.15, 0.2) is 30.3 Å². The van der Waals surface area contributed by atoms with Crippen molar-refractivity contribution in [3.8, 4) is 0 Å². The third-order valence-electron chi connectivity index (χ3n) is 5.26. The SMILES string of the molecule is CC(=O)C1(c2ccccc2)CCN(C(C)C(=O)NCC(C)C)CC1. The molecule has 2 rings (SSSR count). The topological polar surface area (TPSA) is 49.4 Å². The first-order valence-electron chi connectivity index (χ1n) is 8.95. The number of rotatable bonds is 6. The lowest BCUT2D eigenvalue weighted by molar-refractivity contribution is -0.128. The van der Waals surface area contributed by atoms with E-state index in [0.717, 1.165) is 31.5 Å². The molecule has 1 amide bonds. The standard InChI is InChI=1S/C20H30N2O2/c1-15(2)14-21-19(24)16(3)22-12-10-20(11-13-22,17(4)23)18-8-6-5-7-9-18/h5-9,15-16H,10-14H2,1-4H3,(H,21,24). The van der Waals surface area contributed by atoms with Crippen molar-refractivity contribution in [3.63, 3.8) is 0 Å². The van der Waals surface area contributed by atoms with Crippen LogP contribution in [0.4, 0.5) is 0 Å². The molecule has 0 bridgehead atoms. The second-order valence-corrected chi connectivity index (χ2v) is 7.36. The van der Waals surface area contributed by atoms with Crippen LogP contribution in [0.25, 0.3) is 0 Å². The van der Waals surface area contributed by atoms with Gasteiger partial charge in [0.2, 0.25) is 5.91 Å². The lowest BCUT2D eigenvalue weighted by atomic mass is 9.70. The molecule has 1 fully saturated rings. The summed E-state index contributed by atoms with van der Waals surface area (Å²) in [5.74, 6) is 0.759. The van der Waals surface area contributed by atoms with Crippen LogP contribution in [0.3, 0.4) is 0 Å². The molecule has 1 N–H and O–H groups in total. The van der Waals surface area contributed by atoms with Gasteiger partial charge in [0.1, 0.15) is 5.78 Å². The van der Waals surface area contributed by atoms with Gasteiger partial charge >= 0.3 is 0 Å². The Bertz CT molecular complexity index is 560. The number of nitrogens with zero attached hydrogens (tertiary/aromatic N) is 1. The Morgan fingerprint density at radius 2 is 1.71 bits per heavy atom. The molecule has 0 aromatic heterocycles. The van der Waals surface area contributed by atoms with E-state index >= 15 is 0 Å². The Labute approximate surface area is 145 Å². The van der Waals surface area contributed by atoms with E-state index in [1.54, 1.807) is 6.92 Å². The molecule has 4 nitrogen and oxygen atoms in total. The van der Waals surface area contributed by atoms with Crippen molar-refractivity contribution in [2.75, 3.05) is 19.6 Å². The number of amides is 1. The van der Waals surface area contributed by atoms with Crippen molar-refractivity contribution < 1.29 is 9.59 Å². The highest BCUT2D eigenvalue weighted by Gasteiger charge is 2.41. The molecule has 1 unspecified atom stereocenters. The first-order valence-corrected chi connectivity index (χ1v) is 8.95. The number of carbonyl (C=O) groups excluding carboxylic acids is 2. The summed E-state index contributed by atoms with van der Waals surface area (Å²) in [7, 11) is 0. The predicted molar refractivity (Wildman–Crippen MR) is 96.9 cm³/mol. The number of carbonyl (C=O) groups is 2. The molecule has 0 saturated carbocycles. The summed E-state index contributed by atoms with van der Waals surface area (Å²) in [6.45, 7) is 10.1. The van der Waals surface area contributed by atoms with E-state index in [9.17, 15) is 9.59 Å². The molecular formula is C20H30N2O2. The smallest absolute Gasteiger partial charge is 0.237 e. The number of Topliss-reactive ketones (excluding diaryl/α,β-unsaturated/α-hetero) is 1. The van der Waals surface area contributed by atoms with Gasteiger partial charge in [-0.1, -0.05) is 44.2 Å². The maximum Gasteiger partial charge on any atom is 0.237 e. The zero-order chi connectivity index (χ0) is 17.7. The van der Waals surface area contributed by atoms with Crippen LogP contribution in [-0.2, 0) is 15.0 Å². The summed E-state index contributed by atoms with van der Waals surface area (Å²) in [5.41, 5.74) is 0.709. The van der Waals surface area contributed by atoms with Crippen LogP contribution in [0, 0.1) is 5.92 Å². The summed E-state index contributed by atoms with van der Waals surface area (Å²) < 4.78 is 0. The van der Waals surface area contributed by atoms with Gasteiger partial charge < -0.3 is 5.32 Å². The fourth-order valence-electron chi connectivity index (χ4n) is 3.51. The second-order valence-electron chi connectivity index (χ2n) is 7.36. The third kappa shape index (κ3) is 4.04. The molecule has 1 aliphatic rings. The quantitative estimate of drug-likeness (QED) is 0.872. The van der Waals surface area contributed by atoms with E-state index in [-0.39, 0.29) is 17.7 Å². The van der Waals surface area contributed by atoms with Crippen molar-refractivity contribution in [2.24, 2.45) is 5.92 Å². The van der Waals surface area contributed by atoms with Gasteiger partial charge in [0.15, 0.2) is 0 Å². The molecular weight excluding hydrogens is 300 g/mol. The lowest BCUT2D eigenvalue weighted by Crippen LogP contribution is -2.53. The van der Waals surface area contributed by atoms with Gasteiger partial charge in [-0.05, 0) is 38.2 Å². The van der Waals surface area contributed by atoms with E-state index in [1.807, 2.05) is 25.1 Å². The molecule has 0 radical (unpaired) electrons. The maximum atomic E-state index is 12.4. The monoisotopic (exact) mass is 330 g/mol. The zero-order valence-corrected chi connectivity index (χ0v) is 15.3. The van der Waals surface area contributed by atoms with Crippen molar-refractivity contribution in [3.05, 3.63) is 35.9 Å². The molecule has 0 aliphatic carbocycles. The predicted octanol–water partition coefficient (Wildman–Crippen LogP) is 2.77. The van der Waals surface area contributed by atoms with Crippen LogP contribution in [0.2, 0.25) is 0 Å². The first kappa shape index (κ1) is 18.7. The highest BCUT2D eigenvalue weighted by molar-refractivity contribution is 5.88. The van der Waals surface area contributed by atoms with Crippen LogP contribution in [0.1, 0.15) is 46.1 Å². The average Bonchev–Trinajstić information content (AvgIpc) is 2.59. The third-order valence-corrected chi connectivity index (χ3v) is 5.26. The molecule has 0 spiro atoms. The minimum atomic E-state index is -0.397. The Morgan fingerprint density at radius 1 is 1.12 bits per heavy atom. The Hall–Kier alpha value is -1.68. The molecule has 1 aromatic carbocycles. The lowest BCUT2D eigenvalue weighted by Gasteiger charge is -2.42. The van der Waals surface area contributed by atoms with Crippen molar-refractivity contribution >= 4 is 11.7 Å². The Morgan fingerprint density at radius 3 is 2.21 bits per heavy atom. The van der Waals surface area contributed by atoms with Crippen molar-refractivity contribution in [2.45, 2.75) is 52.0 Å². The number of benzene rings is 1. The largest absolute Gasteiger partial charge is 0.354 e. The van der Waals surface area contributed by atoms with E-state index in [1.165, 1.54) is 0 Å². The molecule has 4 heteroatoms. The van der Waals surface area contributed by atoms with Gasteiger partial charge in [-0.15, -0.1) is 0 Å². The molecule has 132 valence electrons. The van der Waals surface area contributed by atoms with E-state index in [0.29, 0.717) is 12.5 Å². The van der Waals surface area contributed by atoms with Gasteiger partial charge in [-0.25, -0.2) is 0 Å². The molecule has 1 atom stereocenters. The summed E-state index contributed by atoms with van der Waals surface area (Å²) in [5, 5.41) is 3.01. The highest BCUT2D eigenvalue weighted by atomic mass is 16.2. The van der Waals surface area contributed by atoms with Gasteiger partial charge in [0.25, 0.3) is 0 Å². The summed E-state index contributed by atoms with van der Waals surface area (Å²) >= 11 is 0. The van der Waals surface area contributed by atoms with E-state index < -0.39 is 5.41 Å². The normalized spacial score (nSPS) is 19.0. The van der Waals surface area contributed by atoms with E-state index in [2.05, 4.69) is 36.2 Å². The Balaban J connectivity index is 2.03. The van der Waals surface area contributed by atoms with Gasteiger partial charge in [-0.3, -0.25) is 14.5 Å². The van der Waals surface area contributed by atoms with Crippen LogP contribution < -0.4 is 5.32 Å². The fourth-order valence-corrected chi connectivity index (χ4v) is 3.51. The van der Waals surface area contributed by atoms with Gasteiger partial charge in [0, 0.05) is 19.6 Å². The first-order chi connectivity index (χ1) is 11.4. The number of nitrogens with one attached hydrogen (secondary N) is 1. The molecule has 1 saturated heterocycles. The summed E-state index contributed by atoms with van der Waals surface area (Å²) in [6.07, 6.45) is 1.54. The molecule has 1 heterocycles. The van der Waals surface area contributed by atoms with Gasteiger partial charge in [0.05, 0.1) is 11.5 Å². The number of hydrogen-bond donors (Lipinski definition) is 1. The van der Waals surface area contributed by atoms with Crippen LogP contribution in [-0.4, -0.2) is 42.3 Å². The molecule has 1 aliphatic heterocycles. The number of likely N-dealkylation sites (tertiary alicyclic amines) is 1. The molecule has 24 heavy (non-hydrogen) atoms. The summed E-state index contributed by atoms with van der Waals surface area (Å²) in [4.78, 5) is 26.9. The Kier molecular flexibility index (Phi) is 6.16. The average molecular weight is 330 g/mol. The minimum Gasteiger partial charge on any atom is -0.354 e. The van der Waals surface area contributed by atoms with Gasteiger partial charge in [-0.2, -0.15) is 0 Å². The number of piperidine rings is 1. The van der Waals surface area contributed by atoms with Crippen LogP contribution >= 0.6 is 0 Å². The van der Waals surface area contributed by atoms with E-state index in [4.69, 9.17) is 0 Å². The van der Waals surface area contributed by atoms with Crippen molar-refractivity contribution in [1.82, 2.24) is 10.2 Å². The minimum absolute atomic E-state index is 0.0822. The van der Waals surface area contributed by atoms with Crippen molar-refractivity contribution in [1.29, 1.82) is 0 Å². The van der Waals surface area contributed by atoms with Crippen LogP contribution in [0.5, 0.6) is 0 Å². The highest BCUT2D eigenvalue weighted by Crippen LogP contribution is 2.36. The fraction of sp³-hybridized carbons (Fsp3) is 0.600. The molecule has 1 aromatic rings.